The molecule has 0 aliphatic heterocycles. The minimum Gasteiger partial charge on any atom is -0.285 e. The third-order valence-electron chi connectivity index (χ3n) is 1.75. The molecule has 0 N–H and O–H groups in total. The third kappa shape index (κ3) is 0.889. The molecule has 0 saturated carbocycles. The van der Waals surface area contributed by atoms with E-state index in [0.29, 0.717) is 11.1 Å². The van der Waals surface area contributed by atoms with E-state index < -0.39 is 11.6 Å². The summed E-state index contributed by atoms with van der Waals surface area (Å²) in [6.45, 7) is 10.4. The second-order valence-electron chi connectivity index (χ2n) is 2.37. The van der Waals surface area contributed by atoms with Crippen molar-refractivity contribution in [2.24, 2.45) is 0 Å². The zero-order chi connectivity index (χ0) is 9.30. The van der Waals surface area contributed by atoms with E-state index in [0.717, 1.165) is 0 Å². The monoisotopic (exact) mass is 160 g/mol. The Kier molecular flexibility index (Phi) is 1.92. The van der Waals surface area contributed by atoms with Gasteiger partial charge in [-0.05, 0) is 5.57 Å². The van der Waals surface area contributed by atoms with Crippen LogP contribution in [0.4, 0.5) is 0 Å². The summed E-state index contributed by atoms with van der Waals surface area (Å²) >= 11 is 0. The quantitative estimate of drug-likeness (QED) is 0.451. The highest BCUT2D eigenvalue weighted by molar-refractivity contribution is 6.54. The number of carbonyl (C=O) groups is 2. The molecule has 2 heteroatoms. The molecule has 0 atom stereocenters. The Hall–Kier alpha value is -1.70. The van der Waals surface area contributed by atoms with Gasteiger partial charge in [0.1, 0.15) is 0 Å². The summed E-state index contributed by atoms with van der Waals surface area (Å²) in [5.74, 6) is -1.09. The molecule has 0 saturated heterocycles. The molecule has 0 aromatic carbocycles. The van der Waals surface area contributed by atoms with Gasteiger partial charge in [0, 0.05) is 11.1 Å². The summed E-state index contributed by atoms with van der Waals surface area (Å²) < 4.78 is 0. The molecule has 60 valence electrons. The van der Waals surface area contributed by atoms with Crippen molar-refractivity contribution in [3.63, 3.8) is 0 Å². The van der Waals surface area contributed by atoms with Gasteiger partial charge in [-0.2, -0.15) is 0 Å². The predicted molar refractivity (Wildman–Crippen MR) is 46.6 cm³/mol. The van der Waals surface area contributed by atoms with Crippen molar-refractivity contribution >= 4 is 11.6 Å². The molecule has 0 bridgehead atoms. The van der Waals surface area contributed by atoms with E-state index in [4.69, 9.17) is 0 Å². The Labute approximate surface area is 70.6 Å². The van der Waals surface area contributed by atoms with Crippen molar-refractivity contribution < 1.29 is 9.59 Å². The van der Waals surface area contributed by atoms with Crippen LogP contribution < -0.4 is 0 Å². The average molecular weight is 160 g/mol. The van der Waals surface area contributed by atoms with E-state index in [1.807, 2.05) is 0 Å². The smallest absolute Gasteiger partial charge is 0.234 e. The van der Waals surface area contributed by atoms with Gasteiger partial charge in [-0.25, -0.2) is 0 Å². The molecule has 0 aromatic heterocycles. The lowest BCUT2D eigenvalue weighted by atomic mass is 10.1. The van der Waals surface area contributed by atoms with Gasteiger partial charge in [0.05, 0.1) is 0 Å². The van der Waals surface area contributed by atoms with Gasteiger partial charge in [-0.3, -0.25) is 9.59 Å². The predicted octanol–water partition coefficient (Wildman–Crippen LogP) is 1.36. The Bertz CT molecular complexity index is 311. The number of hydrogen-bond donors (Lipinski definition) is 0. The first-order chi connectivity index (χ1) is 5.63. The molecule has 2 nitrogen and oxygen atoms in total. The van der Waals surface area contributed by atoms with Gasteiger partial charge < -0.3 is 0 Å². The molecule has 0 heterocycles. The van der Waals surface area contributed by atoms with E-state index in [9.17, 15) is 9.59 Å². The third-order valence-corrected chi connectivity index (χ3v) is 1.75. The van der Waals surface area contributed by atoms with Crippen LogP contribution in [-0.4, -0.2) is 11.6 Å². The van der Waals surface area contributed by atoms with Gasteiger partial charge in [-0.1, -0.05) is 31.9 Å². The van der Waals surface area contributed by atoms with E-state index in [-0.39, 0.29) is 5.57 Å². The highest BCUT2D eigenvalue weighted by Gasteiger charge is 2.31. The molecule has 0 unspecified atom stereocenters. The maximum atomic E-state index is 11.1. The Morgan fingerprint density at radius 2 is 1.42 bits per heavy atom. The molecule has 0 radical (unpaired) electrons. The summed E-state index contributed by atoms with van der Waals surface area (Å²) in [6, 6.07) is 0. The fourth-order valence-electron chi connectivity index (χ4n) is 1.10. The second-order valence-corrected chi connectivity index (χ2v) is 2.37. The van der Waals surface area contributed by atoms with Crippen LogP contribution in [0.1, 0.15) is 0 Å². The zero-order valence-electron chi connectivity index (χ0n) is 6.59. The number of allylic oxidation sites excluding steroid dienone is 5. The zero-order valence-corrected chi connectivity index (χ0v) is 6.59. The van der Waals surface area contributed by atoms with Crippen LogP contribution in [-0.2, 0) is 9.59 Å². The van der Waals surface area contributed by atoms with Crippen LogP contribution in [0.5, 0.6) is 0 Å². The number of rotatable bonds is 2. The van der Waals surface area contributed by atoms with Crippen molar-refractivity contribution in [2.45, 2.75) is 0 Å². The van der Waals surface area contributed by atoms with Crippen LogP contribution in [0.15, 0.2) is 48.6 Å². The summed E-state index contributed by atoms with van der Waals surface area (Å²) in [6.07, 6.45) is 2.80. The molecule has 1 rings (SSSR count). The minimum absolute atomic E-state index is 0.213. The van der Waals surface area contributed by atoms with Crippen molar-refractivity contribution in [1.82, 2.24) is 0 Å². The van der Waals surface area contributed by atoms with Crippen LogP contribution >= 0.6 is 0 Å². The van der Waals surface area contributed by atoms with Gasteiger partial charge in [0.2, 0.25) is 11.6 Å². The normalized spacial score (nSPS) is 17.2. The fraction of sp³-hybridized carbons (Fsp3) is 0. The lowest BCUT2D eigenvalue weighted by Crippen LogP contribution is -2.08. The van der Waals surface area contributed by atoms with Gasteiger partial charge in [0.25, 0.3) is 0 Å². The number of carbonyl (C=O) groups excluding carboxylic acids is 2. The van der Waals surface area contributed by atoms with Crippen LogP contribution in [0.2, 0.25) is 0 Å². The van der Waals surface area contributed by atoms with Crippen molar-refractivity contribution in [2.75, 3.05) is 0 Å². The minimum atomic E-state index is -0.556. The second kappa shape index (κ2) is 2.74. The molecule has 1 aliphatic rings. The van der Waals surface area contributed by atoms with E-state index in [1.54, 1.807) is 0 Å². The maximum Gasteiger partial charge on any atom is 0.234 e. The topological polar surface area (TPSA) is 34.1 Å². The van der Waals surface area contributed by atoms with Gasteiger partial charge in [-0.15, -0.1) is 0 Å². The summed E-state index contributed by atoms with van der Waals surface area (Å²) in [5.41, 5.74) is 1.02. The molecule has 0 aromatic rings. The Morgan fingerprint density at radius 1 is 0.917 bits per heavy atom. The van der Waals surface area contributed by atoms with E-state index in [2.05, 4.69) is 19.7 Å². The van der Waals surface area contributed by atoms with Crippen LogP contribution in [0.3, 0.4) is 0 Å². The highest BCUT2D eigenvalue weighted by atomic mass is 16.2. The number of Topliss-reactive ketones (excluding diaryl/α,β-unsaturated/α-hetero) is 2. The molecule has 0 amide bonds. The molecular weight excluding hydrogens is 152 g/mol. The first-order valence-corrected chi connectivity index (χ1v) is 3.41. The largest absolute Gasteiger partial charge is 0.285 e. The molecule has 0 spiro atoms. The number of ketones is 2. The summed E-state index contributed by atoms with van der Waals surface area (Å²) in [4.78, 5) is 22.2. The first kappa shape index (κ1) is 8.40. The van der Waals surface area contributed by atoms with Crippen LogP contribution in [0.25, 0.3) is 0 Å². The Balaban J connectivity index is 3.37. The fourth-order valence-corrected chi connectivity index (χ4v) is 1.10. The highest BCUT2D eigenvalue weighted by Crippen LogP contribution is 2.25. The molecule has 12 heavy (non-hydrogen) atoms. The molecule has 0 fully saturated rings. The SMILES string of the molecule is C=CC1=C(C=C)C(=O)C(=O)C1=C. The van der Waals surface area contributed by atoms with E-state index in [1.165, 1.54) is 12.2 Å². The Morgan fingerprint density at radius 3 is 1.75 bits per heavy atom. The van der Waals surface area contributed by atoms with Gasteiger partial charge >= 0.3 is 0 Å². The number of hydrogen-bond acceptors (Lipinski definition) is 2. The standard InChI is InChI=1S/C10H8O2/c1-4-7-6(3)9(11)10(12)8(7)5-2/h4-5H,1-3H2. The average Bonchev–Trinajstić information content (AvgIpc) is 2.29. The van der Waals surface area contributed by atoms with Crippen molar-refractivity contribution in [1.29, 1.82) is 0 Å². The van der Waals surface area contributed by atoms with Crippen molar-refractivity contribution in [3.05, 3.63) is 48.6 Å². The van der Waals surface area contributed by atoms with E-state index >= 15 is 0 Å². The van der Waals surface area contributed by atoms with Crippen LogP contribution in [0, 0.1) is 0 Å². The van der Waals surface area contributed by atoms with Crippen molar-refractivity contribution in [3.8, 4) is 0 Å². The first-order valence-electron chi connectivity index (χ1n) is 3.41. The summed E-state index contributed by atoms with van der Waals surface area (Å²) in [5, 5.41) is 0. The van der Waals surface area contributed by atoms with Gasteiger partial charge in [0.15, 0.2) is 0 Å². The lowest BCUT2D eigenvalue weighted by Gasteiger charge is -1.91. The summed E-state index contributed by atoms with van der Waals surface area (Å²) in [7, 11) is 0. The lowest BCUT2D eigenvalue weighted by molar-refractivity contribution is -0.131. The maximum absolute atomic E-state index is 11.1. The molecule has 1 aliphatic carbocycles. The molecular formula is C10H8O2.